The van der Waals surface area contributed by atoms with Gasteiger partial charge in [0.15, 0.2) is 0 Å². The lowest BCUT2D eigenvalue weighted by atomic mass is 10.0. The number of carbonyl (C=O) groups excluding carboxylic acids is 1. The van der Waals surface area contributed by atoms with E-state index in [0.29, 0.717) is 13.0 Å². The van der Waals surface area contributed by atoms with Crippen LogP contribution in [0.15, 0.2) is 18.5 Å². The predicted molar refractivity (Wildman–Crippen MR) is 59.4 cm³/mol. The molecule has 0 aliphatic heterocycles. The van der Waals surface area contributed by atoms with Crippen molar-refractivity contribution in [2.24, 2.45) is 5.73 Å². The van der Waals surface area contributed by atoms with Crippen LogP contribution < -0.4 is 11.1 Å². The van der Waals surface area contributed by atoms with Gasteiger partial charge in [-0.15, -0.1) is 0 Å². The van der Waals surface area contributed by atoms with Gasteiger partial charge in [-0.3, -0.25) is 9.78 Å². The average molecular weight is 225 g/mol. The summed E-state index contributed by atoms with van der Waals surface area (Å²) < 4.78 is 12.8. The molecule has 0 atom stereocenters. The highest BCUT2D eigenvalue weighted by Gasteiger charge is 2.20. The number of amides is 1. The van der Waals surface area contributed by atoms with Crippen LogP contribution >= 0.6 is 0 Å². The van der Waals surface area contributed by atoms with Gasteiger partial charge in [-0.1, -0.05) is 0 Å². The van der Waals surface area contributed by atoms with Crippen LogP contribution in [-0.2, 0) is 0 Å². The van der Waals surface area contributed by atoms with Gasteiger partial charge < -0.3 is 11.1 Å². The number of halogens is 1. The van der Waals surface area contributed by atoms with Crippen molar-refractivity contribution in [2.45, 2.75) is 25.8 Å². The molecule has 0 saturated carbocycles. The maximum absolute atomic E-state index is 12.8. The van der Waals surface area contributed by atoms with Crippen LogP contribution in [0.3, 0.4) is 0 Å². The monoisotopic (exact) mass is 225 g/mol. The number of hydrogen-bond donors (Lipinski definition) is 2. The van der Waals surface area contributed by atoms with E-state index in [9.17, 15) is 9.18 Å². The number of pyridine rings is 1. The van der Waals surface area contributed by atoms with Crippen molar-refractivity contribution in [3.05, 3.63) is 29.8 Å². The molecule has 0 aliphatic rings. The van der Waals surface area contributed by atoms with E-state index < -0.39 is 11.4 Å². The fourth-order valence-electron chi connectivity index (χ4n) is 1.34. The number of hydrogen-bond acceptors (Lipinski definition) is 3. The van der Waals surface area contributed by atoms with E-state index >= 15 is 0 Å². The molecule has 88 valence electrons. The van der Waals surface area contributed by atoms with Crippen molar-refractivity contribution < 1.29 is 9.18 Å². The molecule has 16 heavy (non-hydrogen) atoms. The Kier molecular flexibility index (Phi) is 3.95. The highest BCUT2D eigenvalue weighted by molar-refractivity contribution is 5.94. The SMILES string of the molecule is CC(C)(CCN)NC(=O)c1cncc(F)c1. The van der Waals surface area contributed by atoms with Gasteiger partial charge in [0.2, 0.25) is 0 Å². The Morgan fingerprint density at radius 1 is 1.56 bits per heavy atom. The van der Waals surface area contributed by atoms with E-state index in [-0.39, 0.29) is 11.5 Å². The Labute approximate surface area is 94.1 Å². The van der Waals surface area contributed by atoms with Crippen LogP contribution in [-0.4, -0.2) is 23.0 Å². The largest absolute Gasteiger partial charge is 0.347 e. The Balaban J connectivity index is 2.72. The molecule has 1 heterocycles. The molecule has 3 N–H and O–H groups in total. The first-order valence-corrected chi connectivity index (χ1v) is 5.08. The second kappa shape index (κ2) is 5.03. The van der Waals surface area contributed by atoms with E-state index in [2.05, 4.69) is 10.3 Å². The number of carbonyl (C=O) groups is 1. The summed E-state index contributed by atoms with van der Waals surface area (Å²) in [6.45, 7) is 4.21. The first-order valence-electron chi connectivity index (χ1n) is 5.08. The zero-order valence-electron chi connectivity index (χ0n) is 9.46. The summed E-state index contributed by atoms with van der Waals surface area (Å²) in [6.07, 6.45) is 3.04. The number of nitrogens with zero attached hydrogens (tertiary/aromatic N) is 1. The van der Waals surface area contributed by atoms with Gasteiger partial charge >= 0.3 is 0 Å². The smallest absolute Gasteiger partial charge is 0.253 e. The minimum atomic E-state index is -0.524. The van der Waals surface area contributed by atoms with Crippen LogP contribution in [0.4, 0.5) is 4.39 Å². The van der Waals surface area contributed by atoms with E-state index in [4.69, 9.17) is 5.73 Å². The zero-order chi connectivity index (χ0) is 12.2. The lowest BCUT2D eigenvalue weighted by Gasteiger charge is -2.25. The van der Waals surface area contributed by atoms with Crippen molar-refractivity contribution >= 4 is 5.91 Å². The highest BCUT2D eigenvalue weighted by Crippen LogP contribution is 2.09. The molecule has 1 aromatic heterocycles. The Bertz CT molecular complexity index is 379. The lowest BCUT2D eigenvalue weighted by molar-refractivity contribution is 0.0909. The first kappa shape index (κ1) is 12.6. The van der Waals surface area contributed by atoms with Gasteiger partial charge in [0.1, 0.15) is 5.82 Å². The van der Waals surface area contributed by atoms with E-state index in [1.165, 1.54) is 6.20 Å². The second-order valence-corrected chi connectivity index (χ2v) is 4.27. The number of rotatable bonds is 4. The maximum atomic E-state index is 12.8. The van der Waals surface area contributed by atoms with Crippen molar-refractivity contribution in [3.63, 3.8) is 0 Å². The van der Waals surface area contributed by atoms with Gasteiger partial charge in [0, 0.05) is 11.7 Å². The van der Waals surface area contributed by atoms with Crippen LogP contribution in [0.1, 0.15) is 30.6 Å². The first-order chi connectivity index (χ1) is 7.44. The number of nitrogens with one attached hydrogen (secondary N) is 1. The summed E-state index contributed by atoms with van der Waals surface area (Å²) in [5, 5.41) is 2.78. The molecule has 1 amide bonds. The van der Waals surface area contributed by atoms with Gasteiger partial charge in [0.05, 0.1) is 11.8 Å². The summed E-state index contributed by atoms with van der Waals surface area (Å²) in [7, 11) is 0. The summed E-state index contributed by atoms with van der Waals surface area (Å²) in [5.74, 6) is -0.866. The zero-order valence-corrected chi connectivity index (χ0v) is 9.46. The molecule has 0 saturated heterocycles. The summed E-state index contributed by atoms with van der Waals surface area (Å²) in [4.78, 5) is 15.3. The molecule has 0 aromatic carbocycles. The molecule has 1 rings (SSSR count). The minimum absolute atomic E-state index is 0.213. The maximum Gasteiger partial charge on any atom is 0.253 e. The molecule has 0 radical (unpaired) electrons. The van der Waals surface area contributed by atoms with E-state index in [1.54, 1.807) is 0 Å². The Hall–Kier alpha value is -1.49. The molecule has 0 spiro atoms. The number of aromatic nitrogens is 1. The summed E-state index contributed by atoms with van der Waals surface area (Å²) >= 11 is 0. The molecular formula is C11H16FN3O. The Morgan fingerprint density at radius 2 is 2.25 bits per heavy atom. The topological polar surface area (TPSA) is 68.0 Å². The molecule has 4 nitrogen and oxygen atoms in total. The number of nitrogens with two attached hydrogens (primary N) is 1. The van der Waals surface area contributed by atoms with Crippen molar-refractivity contribution in [1.82, 2.24) is 10.3 Å². The third-order valence-corrected chi connectivity index (χ3v) is 2.19. The summed E-state index contributed by atoms with van der Waals surface area (Å²) in [5.41, 5.74) is 5.24. The van der Waals surface area contributed by atoms with Crippen molar-refractivity contribution in [3.8, 4) is 0 Å². The van der Waals surface area contributed by atoms with Gasteiger partial charge in [-0.2, -0.15) is 0 Å². The van der Waals surface area contributed by atoms with Crippen LogP contribution in [0.2, 0.25) is 0 Å². The molecule has 0 aliphatic carbocycles. The van der Waals surface area contributed by atoms with Crippen LogP contribution in [0, 0.1) is 5.82 Å². The van der Waals surface area contributed by atoms with Gasteiger partial charge in [0.25, 0.3) is 5.91 Å². The van der Waals surface area contributed by atoms with Crippen LogP contribution in [0.25, 0.3) is 0 Å². The standard InChI is InChI=1S/C11H16FN3O/c1-11(2,3-4-13)15-10(16)8-5-9(12)7-14-6-8/h5-7H,3-4,13H2,1-2H3,(H,15,16). The quantitative estimate of drug-likeness (QED) is 0.805. The third kappa shape index (κ3) is 3.58. The third-order valence-electron chi connectivity index (χ3n) is 2.19. The highest BCUT2D eigenvalue weighted by atomic mass is 19.1. The fraction of sp³-hybridized carbons (Fsp3) is 0.455. The molecular weight excluding hydrogens is 209 g/mol. The normalized spacial score (nSPS) is 11.2. The van der Waals surface area contributed by atoms with Gasteiger partial charge in [-0.25, -0.2) is 4.39 Å². The summed E-state index contributed by atoms with van der Waals surface area (Å²) in [6, 6.07) is 1.15. The molecule has 0 fully saturated rings. The second-order valence-electron chi connectivity index (χ2n) is 4.27. The minimum Gasteiger partial charge on any atom is -0.347 e. The lowest BCUT2D eigenvalue weighted by Crippen LogP contribution is -2.44. The van der Waals surface area contributed by atoms with E-state index in [0.717, 1.165) is 12.3 Å². The van der Waals surface area contributed by atoms with Crippen LogP contribution in [0.5, 0.6) is 0 Å². The van der Waals surface area contributed by atoms with Gasteiger partial charge in [-0.05, 0) is 32.9 Å². The fourth-order valence-corrected chi connectivity index (χ4v) is 1.34. The average Bonchev–Trinajstić information content (AvgIpc) is 2.16. The van der Waals surface area contributed by atoms with E-state index in [1.807, 2.05) is 13.8 Å². The predicted octanol–water partition coefficient (Wildman–Crippen LogP) is 1.08. The van der Waals surface area contributed by atoms with Crippen molar-refractivity contribution in [2.75, 3.05) is 6.54 Å². The van der Waals surface area contributed by atoms with Crippen molar-refractivity contribution in [1.29, 1.82) is 0 Å². The molecule has 5 heteroatoms. The molecule has 1 aromatic rings. The molecule has 0 unspecified atom stereocenters. The molecule has 0 bridgehead atoms. The Morgan fingerprint density at radius 3 is 2.81 bits per heavy atom.